The highest BCUT2D eigenvalue weighted by Gasteiger charge is 2.18. The second-order valence-corrected chi connectivity index (χ2v) is 6.03. The number of aryl methyl sites for hydroxylation is 1. The van der Waals surface area contributed by atoms with E-state index in [-0.39, 0.29) is 0 Å². The molecule has 0 atom stereocenters. The van der Waals surface area contributed by atoms with Gasteiger partial charge in [0.2, 0.25) is 0 Å². The van der Waals surface area contributed by atoms with Gasteiger partial charge in [-0.1, -0.05) is 34.1 Å². The van der Waals surface area contributed by atoms with Crippen molar-refractivity contribution in [3.8, 4) is 0 Å². The average Bonchev–Trinajstić information content (AvgIpc) is 2.55. The predicted octanol–water partition coefficient (Wildman–Crippen LogP) is 3.61. The maximum absolute atomic E-state index is 4.56. The van der Waals surface area contributed by atoms with Crippen LogP contribution in [-0.2, 0) is 5.33 Å². The van der Waals surface area contributed by atoms with Crippen molar-refractivity contribution in [3.63, 3.8) is 0 Å². The summed E-state index contributed by atoms with van der Waals surface area (Å²) >= 11 is 3.46. The molecule has 2 aromatic rings. The minimum absolute atomic E-state index is 0.863. The van der Waals surface area contributed by atoms with Gasteiger partial charge in [0.1, 0.15) is 5.82 Å². The normalized spacial score (nSPS) is 15.3. The lowest BCUT2D eigenvalue weighted by atomic mass is 10.2. The lowest BCUT2D eigenvalue weighted by Crippen LogP contribution is -2.46. The molecule has 1 saturated heterocycles. The fourth-order valence-electron chi connectivity index (χ4n) is 2.70. The molecular formula is C17H20BrN3. The van der Waals surface area contributed by atoms with E-state index in [4.69, 9.17) is 0 Å². The van der Waals surface area contributed by atoms with E-state index >= 15 is 0 Å². The topological polar surface area (TPSA) is 19.4 Å². The number of nitrogens with zero attached hydrogens (tertiary/aromatic N) is 3. The summed E-state index contributed by atoms with van der Waals surface area (Å²) in [6, 6.07) is 13.0. The number of aromatic nitrogens is 1. The number of hydrogen-bond donors (Lipinski definition) is 0. The molecule has 0 aliphatic carbocycles. The van der Waals surface area contributed by atoms with E-state index in [2.05, 4.69) is 74.0 Å². The minimum atomic E-state index is 0.863. The zero-order chi connectivity index (χ0) is 14.7. The van der Waals surface area contributed by atoms with Crippen molar-refractivity contribution in [1.29, 1.82) is 0 Å². The lowest BCUT2D eigenvalue weighted by Gasteiger charge is -2.36. The monoisotopic (exact) mass is 345 g/mol. The average molecular weight is 346 g/mol. The van der Waals surface area contributed by atoms with E-state index in [1.807, 2.05) is 6.20 Å². The van der Waals surface area contributed by atoms with Crippen LogP contribution in [-0.4, -0.2) is 31.2 Å². The Balaban J connectivity index is 1.64. The van der Waals surface area contributed by atoms with Gasteiger partial charge in [0.25, 0.3) is 0 Å². The van der Waals surface area contributed by atoms with Crippen LogP contribution >= 0.6 is 15.9 Å². The fraction of sp³-hybridized carbons (Fsp3) is 0.353. The summed E-state index contributed by atoms with van der Waals surface area (Å²) in [4.78, 5) is 9.38. The van der Waals surface area contributed by atoms with Crippen LogP contribution in [0, 0.1) is 6.92 Å². The third-order valence-corrected chi connectivity index (χ3v) is 4.58. The van der Waals surface area contributed by atoms with Gasteiger partial charge in [-0.25, -0.2) is 4.98 Å². The summed E-state index contributed by atoms with van der Waals surface area (Å²) in [5, 5.41) is 0.863. The molecule has 1 aromatic carbocycles. The quantitative estimate of drug-likeness (QED) is 0.792. The molecule has 110 valence electrons. The molecule has 2 heterocycles. The Bertz CT molecular complexity index is 589. The molecular weight excluding hydrogens is 326 g/mol. The van der Waals surface area contributed by atoms with Crippen molar-refractivity contribution in [2.24, 2.45) is 0 Å². The zero-order valence-corrected chi connectivity index (χ0v) is 13.9. The van der Waals surface area contributed by atoms with E-state index in [0.717, 1.165) is 37.3 Å². The number of halogens is 1. The third kappa shape index (κ3) is 3.38. The fourth-order valence-corrected chi connectivity index (χ4v) is 3.03. The number of hydrogen-bond acceptors (Lipinski definition) is 3. The number of rotatable bonds is 3. The smallest absolute Gasteiger partial charge is 0.128 e. The molecule has 0 radical (unpaired) electrons. The van der Waals surface area contributed by atoms with E-state index < -0.39 is 0 Å². The van der Waals surface area contributed by atoms with E-state index in [1.165, 1.54) is 16.8 Å². The highest BCUT2D eigenvalue weighted by Crippen LogP contribution is 2.20. The second kappa shape index (κ2) is 6.48. The van der Waals surface area contributed by atoms with Gasteiger partial charge in [0.15, 0.2) is 0 Å². The Kier molecular flexibility index (Phi) is 4.44. The van der Waals surface area contributed by atoms with E-state index in [1.54, 1.807) is 0 Å². The summed E-state index contributed by atoms with van der Waals surface area (Å²) < 4.78 is 0. The standard InChI is InChI=1S/C17H20BrN3/c1-14-3-2-4-16(11-14)20-7-9-21(10-8-20)17-6-5-15(12-18)13-19-17/h2-6,11,13H,7-10,12H2,1H3. The summed E-state index contributed by atoms with van der Waals surface area (Å²) in [6.45, 7) is 6.29. The van der Waals surface area contributed by atoms with Gasteiger partial charge in [-0.3, -0.25) is 0 Å². The van der Waals surface area contributed by atoms with Gasteiger partial charge >= 0.3 is 0 Å². The first kappa shape index (κ1) is 14.4. The van der Waals surface area contributed by atoms with Gasteiger partial charge in [0, 0.05) is 43.4 Å². The first-order valence-corrected chi connectivity index (χ1v) is 8.46. The largest absolute Gasteiger partial charge is 0.368 e. The van der Waals surface area contributed by atoms with E-state index in [0.29, 0.717) is 0 Å². The molecule has 3 rings (SSSR count). The van der Waals surface area contributed by atoms with Gasteiger partial charge in [-0.2, -0.15) is 0 Å². The van der Waals surface area contributed by atoms with Crippen LogP contribution in [0.15, 0.2) is 42.6 Å². The molecule has 0 spiro atoms. The minimum Gasteiger partial charge on any atom is -0.368 e. The number of pyridine rings is 1. The third-order valence-electron chi connectivity index (χ3n) is 3.93. The molecule has 21 heavy (non-hydrogen) atoms. The molecule has 1 aliphatic rings. The first-order valence-electron chi connectivity index (χ1n) is 7.34. The van der Waals surface area contributed by atoms with Gasteiger partial charge in [0.05, 0.1) is 0 Å². The van der Waals surface area contributed by atoms with E-state index in [9.17, 15) is 0 Å². The Hall–Kier alpha value is -1.55. The maximum Gasteiger partial charge on any atom is 0.128 e. The highest BCUT2D eigenvalue weighted by molar-refractivity contribution is 9.08. The molecule has 1 fully saturated rings. The molecule has 1 aliphatic heterocycles. The van der Waals surface area contributed by atoms with Crippen molar-refractivity contribution in [2.75, 3.05) is 36.0 Å². The van der Waals surface area contributed by atoms with Gasteiger partial charge in [-0.15, -0.1) is 0 Å². The van der Waals surface area contributed by atoms with Gasteiger partial charge in [-0.05, 0) is 36.2 Å². The lowest BCUT2D eigenvalue weighted by molar-refractivity contribution is 0.647. The molecule has 0 unspecified atom stereocenters. The summed E-state index contributed by atoms with van der Waals surface area (Å²) in [6.07, 6.45) is 1.96. The van der Waals surface area contributed by atoms with Crippen LogP contribution in [0.3, 0.4) is 0 Å². The Morgan fingerprint density at radius 3 is 2.43 bits per heavy atom. The highest BCUT2D eigenvalue weighted by atomic mass is 79.9. The van der Waals surface area contributed by atoms with Crippen molar-refractivity contribution >= 4 is 27.4 Å². The van der Waals surface area contributed by atoms with Crippen molar-refractivity contribution in [2.45, 2.75) is 12.3 Å². The second-order valence-electron chi connectivity index (χ2n) is 5.47. The van der Waals surface area contributed by atoms with Crippen LogP contribution in [0.4, 0.5) is 11.5 Å². The maximum atomic E-state index is 4.56. The Labute approximate surface area is 134 Å². The Morgan fingerprint density at radius 1 is 1.05 bits per heavy atom. The zero-order valence-electron chi connectivity index (χ0n) is 12.3. The van der Waals surface area contributed by atoms with Crippen molar-refractivity contribution in [1.82, 2.24) is 4.98 Å². The molecule has 1 aromatic heterocycles. The number of benzene rings is 1. The number of anilines is 2. The van der Waals surface area contributed by atoms with Crippen LogP contribution in [0.1, 0.15) is 11.1 Å². The van der Waals surface area contributed by atoms with Crippen LogP contribution in [0.25, 0.3) is 0 Å². The van der Waals surface area contributed by atoms with Crippen LogP contribution < -0.4 is 9.80 Å². The number of alkyl halides is 1. The van der Waals surface area contributed by atoms with Crippen LogP contribution in [0.5, 0.6) is 0 Å². The molecule has 3 nitrogen and oxygen atoms in total. The molecule has 4 heteroatoms. The Morgan fingerprint density at radius 2 is 1.81 bits per heavy atom. The first-order chi connectivity index (χ1) is 10.3. The molecule has 0 bridgehead atoms. The number of piperazine rings is 1. The van der Waals surface area contributed by atoms with Gasteiger partial charge < -0.3 is 9.80 Å². The summed E-state index contributed by atoms with van der Waals surface area (Å²) in [5.74, 6) is 1.09. The van der Waals surface area contributed by atoms with Crippen molar-refractivity contribution < 1.29 is 0 Å². The summed E-state index contributed by atoms with van der Waals surface area (Å²) in [5.41, 5.74) is 3.87. The van der Waals surface area contributed by atoms with Crippen molar-refractivity contribution in [3.05, 3.63) is 53.7 Å². The molecule has 0 N–H and O–H groups in total. The predicted molar refractivity (Wildman–Crippen MR) is 92.5 cm³/mol. The SMILES string of the molecule is Cc1cccc(N2CCN(c3ccc(CBr)cn3)CC2)c1. The van der Waals surface area contributed by atoms with Crippen LogP contribution in [0.2, 0.25) is 0 Å². The molecule has 0 saturated carbocycles. The molecule has 0 amide bonds. The summed E-state index contributed by atoms with van der Waals surface area (Å²) in [7, 11) is 0.